The number of ether oxygens (including phenoxy) is 1. The van der Waals surface area contributed by atoms with Gasteiger partial charge in [0, 0.05) is 24.4 Å². The number of halogens is 2. The van der Waals surface area contributed by atoms with Gasteiger partial charge in [-0.1, -0.05) is 40.9 Å². The van der Waals surface area contributed by atoms with Gasteiger partial charge in [0.1, 0.15) is 6.61 Å². The lowest BCUT2D eigenvalue weighted by molar-refractivity contribution is -0.384. The fraction of sp³-hybridized carbons (Fsp3) is 0.182. The summed E-state index contributed by atoms with van der Waals surface area (Å²) in [5.41, 5.74) is 5.19. The monoisotopic (exact) mass is 430 g/mol. The van der Waals surface area contributed by atoms with E-state index in [-0.39, 0.29) is 12.3 Å². The number of anilines is 1. The van der Waals surface area contributed by atoms with Crippen molar-refractivity contribution in [1.29, 1.82) is 0 Å². The van der Waals surface area contributed by atoms with Gasteiger partial charge < -0.3 is 10.1 Å². The van der Waals surface area contributed by atoms with Gasteiger partial charge in [0.2, 0.25) is 0 Å². The van der Waals surface area contributed by atoms with Crippen LogP contribution in [0.3, 0.4) is 0 Å². The van der Waals surface area contributed by atoms with Crippen LogP contribution in [0.4, 0.5) is 11.4 Å². The molecule has 3 aromatic carbocycles. The van der Waals surface area contributed by atoms with Crippen LogP contribution >= 0.6 is 23.2 Å². The Labute approximate surface area is 179 Å². The maximum atomic E-state index is 10.7. The number of hydrogen-bond donors (Lipinski definition) is 1. The van der Waals surface area contributed by atoms with E-state index in [1.807, 2.05) is 12.1 Å². The maximum absolute atomic E-state index is 10.7. The van der Waals surface area contributed by atoms with Crippen molar-refractivity contribution < 1.29 is 9.66 Å². The molecule has 1 N–H and O–H groups in total. The van der Waals surface area contributed by atoms with E-state index in [9.17, 15) is 10.1 Å². The molecule has 0 spiro atoms. The second-order valence-corrected chi connectivity index (χ2v) is 7.59. The second-order valence-electron chi connectivity index (χ2n) is 6.77. The zero-order chi connectivity index (χ0) is 21.0. The molecule has 0 aliphatic carbocycles. The molecule has 150 valence electrons. The lowest BCUT2D eigenvalue weighted by atomic mass is 10.1. The van der Waals surface area contributed by atoms with Gasteiger partial charge in [-0.15, -0.1) is 0 Å². The minimum absolute atomic E-state index is 0.0329. The summed E-state index contributed by atoms with van der Waals surface area (Å²) in [6.45, 7) is 4.90. The van der Waals surface area contributed by atoms with Gasteiger partial charge in [0.05, 0.1) is 15.0 Å². The summed E-state index contributed by atoms with van der Waals surface area (Å²) in [7, 11) is 0. The third-order valence-corrected chi connectivity index (χ3v) is 5.01. The Bertz CT molecular complexity index is 1010. The van der Waals surface area contributed by atoms with Crippen molar-refractivity contribution in [3.05, 3.63) is 97.0 Å². The normalized spacial score (nSPS) is 10.6. The number of benzene rings is 3. The summed E-state index contributed by atoms with van der Waals surface area (Å²) < 4.78 is 5.75. The lowest BCUT2D eigenvalue weighted by Crippen LogP contribution is -2.02. The fourth-order valence-corrected chi connectivity index (χ4v) is 3.57. The molecule has 7 heteroatoms. The smallest absolute Gasteiger partial charge is 0.269 e. The van der Waals surface area contributed by atoms with Crippen LogP contribution in [0.2, 0.25) is 10.0 Å². The number of nitro benzene ring substituents is 1. The molecule has 5 nitrogen and oxygen atoms in total. The standard InChI is InChI=1S/C22H20Cl2N2O3/c1-14-3-8-21(15(2)9-14)25-12-17-10-19(23)22(20(24)11-17)29-13-16-4-6-18(7-5-16)26(27)28/h3-11,25H,12-13H2,1-2H3. The number of non-ortho nitro benzene ring substituents is 1. The average Bonchev–Trinajstić information content (AvgIpc) is 2.67. The van der Waals surface area contributed by atoms with Crippen LogP contribution in [-0.2, 0) is 13.2 Å². The third-order valence-electron chi connectivity index (χ3n) is 4.45. The molecular formula is C22H20Cl2N2O3. The highest BCUT2D eigenvalue weighted by molar-refractivity contribution is 6.37. The minimum atomic E-state index is -0.441. The first-order valence-corrected chi connectivity index (χ1v) is 9.74. The minimum Gasteiger partial charge on any atom is -0.486 e. The molecule has 0 aliphatic heterocycles. The van der Waals surface area contributed by atoms with Crippen LogP contribution in [0.1, 0.15) is 22.3 Å². The molecule has 0 amide bonds. The van der Waals surface area contributed by atoms with Gasteiger partial charge in [-0.25, -0.2) is 0 Å². The molecule has 0 aromatic heterocycles. The van der Waals surface area contributed by atoms with Crippen molar-refractivity contribution in [1.82, 2.24) is 0 Å². The highest BCUT2D eigenvalue weighted by Crippen LogP contribution is 2.35. The van der Waals surface area contributed by atoms with Crippen LogP contribution in [-0.4, -0.2) is 4.92 Å². The molecule has 0 atom stereocenters. The van der Waals surface area contributed by atoms with Crippen molar-refractivity contribution in [2.75, 3.05) is 5.32 Å². The van der Waals surface area contributed by atoms with E-state index in [4.69, 9.17) is 27.9 Å². The Hall–Kier alpha value is -2.76. The molecule has 0 bridgehead atoms. The fourth-order valence-electron chi connectivity index (χ4n) is 2.93. The molecule has 3 aromatic rings. The Balaban J connectivity index is 1.66. The van der Waals surface area contributed by atoms with Gasteiger partial charge in [-0.3, -0.25) is 10.1 Å². The molecule has 0 radical (unpaired) electrons. The maximum Gasteiger partial charge on any atom is 0.269 e. The van der Waals surface area contributed by atoms with Crippen molar-refractivity contribution in [2.24, 2.45) is 0 Å². The lowest BCUT2D eigenvalue weighted by Gasteiger charge is -2.14. The van der Waals surface area contributed by atoms with Crippen LogP contribution in [0.25, 0.3) is 0 Å². The Kier molecular flexibility index (Phi) is 6.62. The average molecular weight is 431 g/mol. The predicted octanol–water partition coefficient (Wildman–Crippen LogP) is 6.71. The van der Waals surface area contributed by atoms with Gasteiger partial charge in [-0.05, 0) is 60.9 Å². The third kappa shape index (κ3) is 5.40. The number of nitrogens with one attached hydrogen (secondary N) is 1. The van der Waals surface area contributed by atoms with E-state index in [1.165, 1.54) is 23.3 Å². The highest BCUT2D eigenvalue weighted by Gasteiger charge is 2.11. The van der Waals surface area contributed by atoms with Crippen LogP contribution < -0.4 is 10.1 Å². The summed E-state index contributed by atoms with van der Waals surface area (Å²) in [6.07, 6.45) is 0. The zero-order valence-electron chi connectivity index (χ0n) is 16.0. The van der Waals surface area contributed by atoms with Crippen molar-refractivity contribution >= 4 is 34.6 Å². The summed E-state index contributed by atoms with van der Waals surface area (Å²) in [4.78, 5) is 10.3. The quantitative estimate of drug-likeness (QED) is 0.334. The molecular weight excluding hydrogens is 411 g/mol. The predicted molar refractivity (Wildman–Crippen MR) is 117 cm³/mol. The number of rotatable bonds is 7. The Morgan fingerprint density at radius 2 is 1.62 bits per heavy atom. The van der Waals surface area contributed by atoms with Crippen molar-refractivity contribution in [3.63, 3.8) is 0 Å². The number of nitrogens with zero attached hydrogens (tertiary/aromatic N) is 1. The summed E-state index contributed by atoms with van der Waals surface area (Å²) >= 11 is 12.7. The molecule has 0 saturated heterocycles. The van der Waals surface area contributed by atoms with Crippen LogP contribution in [0, 0.1) is 24.0 Å². The molecule has 3 rings (SSSR count). The first-order chi connectivity index (χ1) is 13.8. The summed E-state index contributed by atoms with van der Waals surface area (Å²) in [5, 5.41) is 14.9. The van der Waals surface area contributed by atoms with Crippen molar-refractivity contribution in [2.45, 2.75) is 27.0 Å². The number of hydrogen-bond acceptors (Lipinski definition) is 4. The van der Waals surface area contributed by atoms with Crippen molar-refractivity contribution in [3.8, 4) is 5.75 Å². The molecule has 29 heavy (non-hydrogen) atoms. The first kappa shape index (κ1) is 21.0. The van der Waals surface area contributed by atoms with E-state index < -0.39 is 4.92 Å². The van der Waals surface area contributed by atoms with E-state index in [2.05, 4.69) is 37.4 Å². The first-order valence-electron chi connectivity index (χ1n) is 8.98. The largest absolute Gasteiger partial charge is 0.486 e. The highest BCUT2D eigenvalue weighted by atomic mass is 35.5. The van der Waals surface area contributed by atoms with Crippen LogP contribution in [0.5, 0.6) is 5.75 Å². The summed E-state index contributed by atoms with van der Waals surface area (Å²) in [5.74, 6) is 0.391. The summed E-state index contributed by atoms with van der Waals surface area (Å²) in [6, 6.07) is 16.0. The van der Waals surface area contributed by atoms with E-state index in [0.29, 0.717) is 22.3 Å². The topological polar surface area (TPSA) is 64.4 Å². The Morgan fingerprint density at radius 3 is 2.21 bits per heavy atom. The van der Waals surface area contributed by atoms with Gasteiger partial charge in [0.25, 0.3) is 5.69 Å². The number of nitro groups is 1. The van der Waals surface area contributed by atoms with Gasteiger partial charge in [0.15, 0.2) is 5.75 Å². The Morgan fingerprint density at radius 1 is 0.966 bits per heavy atom. The molecule has 0 saturated carbocycles. The van der Waals surface area contributed by atoms with Crippen LogP contribution in [0.15, 0.2) is 54.6 Å². The van der Waals surface area contributed by atoms with E-state index >= 15 is 0 Å². The molecule has 0 aliphatic rings. The van der Waals surface area contributed by atoms with E-state index in [1.54, 1.807) is 12.1 Å². The van der Waals surface area contributed by atoms with Gasteiger partial charge in [-0.2, -0.15) is 0 Å². The molecule has 0 heterocycles. The van der Waals surface area contributed by atoms with Gasteiger partial charge >= 0.3 is 0 Å². The molecule has 0 unspecified atom stereocenters. The second kappa shape index (κ2) is 9.16. The SMILES string of the molecule is Cc1ccc(NCc2cc(Cl)c(OCc3ccc([N+](=O)[O-])cc3)c(Cl)c2)c(C)c1. The van der Waals surface area contributed by atoms with E-state index in [0.717, 1.165) is 16.8 Å². The molecule has 0 fully saturated rings. The zero-order valence-corrected chi connectivity index (χ0v) is 17.6. The number of aryl methyl sites for hydroxylation is 2.